The summed E-state index contributed by atoms with van der Waals surface area (Å²) in [7, 11) is 1.46. The quantitative estimate of drug-likeness (QED) is 0.158. The Labute approximate surface area is 271 Å². The van der Waals surface area contributed by atoms with E-state index in [1.165, 1.54) is 30.9 Å². The number of anilines is 1. The molecular formula is C35H36ClN3O7. The summed E-state index contributed by atoms with van der Waals surface area (Å²) in [4.78, 5) is 52.7. The standard InChI is InChI=1S/C35H36ClN3O7/c1-20(40)24-9-7-22(36)17-25(24)26-18-31(41)38(19-30(26)44-5)28(11-14-45-34(2,3)4)32(42)37-23-8-10-27-21(15-23)16-29-33(43)46-35(39(27)29)12-6-13-35/h7-10,15-19,28H,6,11-14H2,1-5H3,(H,37,42)/t28-/m1/s1. The number of esters is 1. The van der Waals surface area contributed by atoms with Crippen molar-refractivity contribution >= 4 is 45.9 Å². The number of pyridine rings is 1. The fraction of sp³-hybridized carbons (Fsp3) is 0.371. The molecular weight excluding hydrogens is 610 g/mol. The normalized spacial score (nSPS) is 15.7. The summed E-state index contributed by atoms with van der Waals surface area (Å²) in [6.07, 6.45) is 4.21. The minimum absolute atomic E-state index is 0.193. The van der Waals surface area contributed by atoms with Crippen molar-refractivity contribution in [2.75, 3.05) is 19.0 Å². The molecule has 0 saturated heterocycles. The van der Waals surface area contributed by atoms with Crippen molar-refractivity contribution in [3.05, 3.63) is 81.4 Å². The predicted octanol–water partition coefficient (Wildman–Crippen LogP) is 6.73. The van der Waals surface area contributed by atoms with E-state index in [4.69, 9.17) is 25.8 Å². The van der Waals surface area contributed by atoms with Crippen molar-refractivity contribution < 1.29 is 28.6 Å². The summed E-state index contributed by atoms with van der Waals surface area (Å²) in [5.41, 5.74) is 1.57. The monoisotopic (exact) mass is 645 g/mol. The fourth-order valence-electron chi connectivity index (χ4n) is 6.25. The van der Waals surface area contributed by atoms with Crippen LogP contribution in [0.4, 0.5) is 5.69 Å². The highest BCUT2D eigenvalue weighted by Crippen LogP contribution is 2.48. The zero-order valence-corrected chi connectivity index (χ0v) is 27.2. The highest BCUT2D eigenvalue weighted by molar-refractivity contribution is 6.31. The van der Waals surface area contributed by atoms with E-state index in [9.17, 15) is 19.2 Å². The first-order valence-electron chi connectivity index (χ1n) is 15.3. The molecule has 0 unspecified atom stereocenters. The van der Waals surface area contributed by atoms with Crippen LogP contribution in [0.25, 0.3) is 22.0 Å². The van der Waals surface area contributed by atoms with Gasteiger partial charge in [0.05, 0.1) is 24.4 Å². The number of ether oxygens (including phenoxy) is 3. The maximum absolute atomic E-state index is 13.9. The van der Waals surface area contributed by atoms with Gasteiger partial charge in [-0.2, -0.15) is 0 Å². The van der Waals surface area contributed by atoms with Gasteiger partial charge >= 0.3 is 5.97 Å². The second kappa shape index (κ2) is 11.7. The van der Waals surface area contributed by atoms with Gasteiger partial charge in [-0.1, -0.05) is 11.6 Å². The minimum Gasteiger partial charge on any atom is -0.495 e. The summed E-state index contributed by atoms with van der Waals surface area (Å²) in [6, 6.07) is 12.5. The van der Waals surface area contributed by atoms with E-state index in [0.29, 0.717) is 38.8 Å². The van der Waals surface area contributed by atoms with Gasteiger partial charge in [-0.3, -0.25) is 23.5 Å². The van der Waals surface area contributed by atoms with E-state index in [2.05, 4.69) is 5.32 Å². The molecule has 10 nitrogen and oxygen atoms in total. The van der Waals surface area contributed by atoms with E-state index in [-0.39, 0.29) is 24.8 Å². The van der Waals surface area contributed by atoms with Crippen LogP contribution in [0.15, 0.2) is 59.5 Å². The van der Waals surface area contributed by atoms with Crippen LogP contribution in [0.3, 0.4) is 0 Å². The largest absolute Gasteiger partial charge is 0.495 e. The molecule has 240 valence electrons. The number of hydrogen-bond donors (Lipinski definition) is 1. The van der Waals surface area contributed by atoms with Gasteiger partial charge in [0.25, 0.3) is 5.56 Å². The van der Waals surface area contributed by atoms with E-state index in [1.54, 1.807) is 30.3 Å². The number of Topliss-reactive ketones (excluding diaryl/α,β-unsaturated/α-hetero) is 1. The van der Waals surface area contributed by atoms with E-state index >= 15 is 0 Å². The molecule has 46 heavy (non-hydrogen) atoms. The molecule has 1 spiro atoms. The van der Waals surface area contributed by atoms with Gasteiger partial charge in [-0.25, -0.2) is 4.79 Å². The van der Waals surface area contributed by atoms with Crippen LogP contribution >= 0.6 is 11.6 Å². The van der Waals surface area contributed by atoms with Crippen LogP contribution < -0.4 is 15.6 Å². The predicted molar refractivity (Wildman–Crippen MR) is 175 cm³/mol. The maximum Gasteiger partial charge on any atom is 0.357 e. The van der Waals surface area contributed by atoms with Gasteiger partial charge in [0.2, 0.25) is 5.91 Å². The molecule has 6 rings (SSSR count). The first kappa shape index (κ1) is 31.6. The Kier molecular flexibility index (Phi) is 8.06. The number of carbonyl (C=O) groups is 3. The van der Waals surface area contributed by atoms with Crippen LogP contribution in [0.1, 0.15) is 80.3 Å². The third kappa shape index (κ3) is 5.71. The molecule has 1 N–H and O–H groups in total. The molecule has 4 aromatic rings. The lowest BCUT2D eigenvalue weighted by atomic mass is 9.88. The molecule has 1 fully saturated rings. The van der Waals surface area contributed by atoms with E-state index in [0.717, 1.165) is 30.2 Å². The summed E-state index contributed by atoms with van der Waals surface area (Å²) < 4.78 is 20.6. The lowest BCUT2D eigenvalue weighted by molar-refractivity contribution is -0.120. The molecule has 0 bridgehead atoms. The number of nitrogens with one attached hydrogen (secondary N) is 1. The lowest BCUT2D eigenvalue weighted by Crippen LogP contribution is -2.39. The second-order valence-electron chi connectivity index (χ2n) is 12.8. The molecule has 1 aliphatic carbocycles. The highest BCUT2D eigenvalue weighted by Gasteiger charge is 2.50. The summed E-state index contributed by atoms with van der Waals surface area (Å²) >= 11 is 6.26. The Balaban J connectivity index is 1.35. The maximum atomic E-state index is 13.9. The van der Waals surface area contributed by atoms with Crippen LogP contribution in [0, 0.1) is 0 Å². The van der Waals surface area contributed by atoms with Gasteiger partial charge in [-0.05, 0) is 82.1 Å². The molecule has 1 atom stereocenters. The smallest absolute Gasteiger partial charge is 0.357 e. The SMILES string of the molecule is COc1cn([C@H](CCOC(C)(C)C)C(=O)Nc2ccc3c(c2)cc2n3C3(CCC3)OC2=O)c(=O)cc1-c1cc(Cl)ccc1C(C)=O. The number of benzene rings is 2. The zero-order chi connectivity index (χ0) is 33.0. The van der Waals surface area contributed by atoms with Crippen molar-refractivity contribution in [3.63, 3.8) is 0 Å². The minimum atomic E-state index is -0.965. The topological polar surface area (TPSA) is 118 Å². The van der Waals surface area contributed by atoms with Crippen LogP contribution in [0.5, 0.6) is 5.75 Å². The average molecular weight is 646 g/mol. The number of halogens is 1. The Morgan fingerprint density at radius 2 is 1.83 bits per heavy atom. The number of amides is 1. The molecule has 3 heterocycles. The van der Waals surface area contributed by atoms with Gasteiger partial charge in [0, 0.05) is 59.2 Å². The number of carbonyl (C=O) groups excluding carboxylic acids is 3. The number of nitrogens with zero attached hydrogens (tertiary/aromatic N) is 2. The lowest BCUT2D eigenvalue weighted by Gasteiger charge is -2.38. The van der Waals surface area contributed by atoms with Crippen molar-refractivity contribution in [1.82, 2.24) is 9.13 Å². The van der Waals surface area contributed by atoms with E-state index < -0.39 is 28.8 Å². The fourth-order valence-corrected chi connectivity index (χ4v) is 6.42. The molecule has 11 heteroatoms. The number of methoxy groups -OCH3 is 1. The van der Waals surface area contributed by atoms with Crippen molar-refractivity contribution in [3.8, 4) is 16.9 Å². The molecule has 1 saturated carbocycles. The Hall–Kier alpha value is -4.41. The molecule has 2 aromatic heterocycles. The Morgan fingerprint density at radius 3 is 2.48 bits per heavy atom. The Bertz CT molecular complexity index is 1950. The van der Waals surface area contributed by atoms with Gasteiger partial charge in [-0.15, -0.1) is 0 Å². The van der Waals surface area contributed by atoms with Crippen LogP contribution in [0.2, 0.25) is 5.02 Å². The van der Waals surface area contributed by atoms with Crippen LogP contribution in [-0.2, 0) is 20.0 Å². The summed E-state index contributed by atoms with van der Waals surface area (Å²) in [5.74, 6) is -0.673. The second-order valence-corrected chi connectivity index (χ2v) is 13.3. The van der Waals surface area contributed by atoms with Crippen molar-refractivity contribution in [1.29, 1.82) is 0 Å². The zero-order valence-electron chi connectivity index (χ0n) is 26.4. The van der Waals surface area contributed by atoms with Crippen molar-refractivity contribution in [2.45, 2.75) is 70.7 Å². The van der Waals surface area contributed by atoms with E-state index in [1.807, 2.05) is 37.5 Å². The number of ketones is 1. The molecule has 1 amide bonds. The third-order valence-corrected chi connectivity index (χ3v) is 8.82. The van der Waals surface area contributed by atoms with Gasteiger partial charge < -0.3 is 19.5 Å². The number of rotatable bonds is 9. The summed E-state index contributed by atoms with van der Waals surface area (Å²) in [6.45, 7) is 7.38. The number of hydrogen-bond acceptors (Lipinski definition) is 7. The first-order chi connectivity index (χ1) is 21.8. The van der Waals surface area contributed by atoms with Crippen molar-refractivity contribution in [2.24, 2.45) is 0 Å². The number of fused-ring (bicyclic) bond motifs is 4. The van der Waals surface area contributed by atoms with Gasteiger partial charge in [0.1, 0.15) is 17.5 Å². The summed E-state index contributed by atoms with van der Waals surface area (Å²) in [5, 5.41) is 4.16. The molecule has 2 aliphatic rings. The Morgan fingerprint density at radius 1 is 1.07 bits per heavy atom. The molecule has 1 aliphatic heterocycles. The van der Waals surface area contributed by atoms with Gasteiger partial charge in [0.15, 0.2) is 11.5 Å². The third-order valence-electron chi connectivity index (χ3n) is 8.58. The number of aromatic nitrogens is 2. The first-order valence-corrected chi connectivity index (χ1v) is 15.6. The highest BCUT2D eigenvalue weighted by atomic mass is 35.5. The molecule has 0 radical (unpaired) electrons. The van der Waals surface area contributed by atoms with Crippen LogP contribution in [-0.4, -0.2) is 46.1 Å². The molecule has 2 aromatic carbocycles. The average Bonchev–Trinajstić information content (AvgIpc) is 3.49.